The number of rotatable bonds is 3. The first-order chi connectivity index (χ1) is 9.63. The lowest BCUT2D eigenvalue weighted by Crippen LogP contribution is -2.05. The predicted molar refractivity (Wildman–Crippen MR) is 75.0 cm³/mol. The highest BCUT2D eigenvalue weighted by Crippen LogP contribution is 2.45. The number of ether oxygens (including phenoxy) is 1. The summed E-state index contributed by atoms with van der Waals surface area (Å²) in [5.74, 6) is 0.460. The van der Waals surface area contributed by atoms with Crippen LogP contribution in [0.2, 0.25) is 5.02 Å². The van der Waals surface area contributed by atoms with Gasteiger partial charge in [0.2, 0.25) is 0 Å². The van der Waals surface area contributed by atoms with Crippen LogP contribution in [0, 0.1) is 6.92 Å². The molecule has 1 aliphatic carbocycles. The van der Waals surface area contributed by atoms with E-state index in [2.05, 4.69) is 5.16 Å². The first kappa shape index (κ1) is 13.2. The van der Waals surface area contributed by atoms with E-state index in [1.807, 2.05) is 19.1 Å². The van der Waals surface area contributed by atoms with Crippen LogP contribution in [0.15, 0.2) is 22.7 Å². The van der Waals surface area contributed by atoms with Crippen molar-refractivity contribution in [3.8, 4) is 11.3 Å². The van der Waals surface area contributed by atoms with E-state index in [1.54, 1.807) is 6.07 Å². The fourth-order valence-corrected chi connectivity index (χ4v) is 2.64. The van der Waals surface area contributed by atoms with E-state index in [0.29, 0.717) is 22.0 Å². The van der Waals surface area contributed by atoms with E-state index in [1.165, 1.54) is 7.11 Å². The van der Waals surface area contributed by atoms with Gasteiger partial charge in [-0.1, -0.05) is 28.9 Å². The molecule has 1 aromatic heterocycles. The Kier molecular flexibility index (Phi) is 3.26. The molecular formula is C15H14ClNO3. The summed E-state index contributed by atoms with van der Waals surface area (Å²) in [7, 11) is 1.36. The Morgan fingerprint density at radius 1 is 1.45 bits per heavy atom. The van der Waals surface area contributed by atoms with Crippen molar-refractivity contribution >= 4 is 17.6 Å². The Morgan fingerprint density at radius 2 is 2.20 bits per heavy atom. The highest BCUT2D eigenvalue weighted by molar-refractivity contribution is 6.33. The van der Waals surface area contributed by atoms with E-state index < -0.39 is 5.97 Å². The quantitative estimate of drug-likeness (QED) is 0.803. The summed E-state index contributed by atoms with van der Waals surface area (Å²) in [5, 5.41) is 4.63. The summed E-state index contributed by atoms with van der Waals surface area (Å²) < 4.78 is 10.3. The van der Waals surface area contributed by atoms with Crippen molar-refractivity contribution in [2.75, 3.05) is 7.11 Å². The van der Waals surface area contributed by atoms with Gasteiger partial charge in [0.15, 0.2) is 5.76 Å². The number of methoxy groups -OCH3 is 1. The van der Waals surface area contributed by atoms with Crippen molar-refractivity contribution in [1.82, 2.24) is 5.16 Å². The third-order valence-corrected chi connectivity index (χ3v) is 3.83. The Labute approximate surface area is 121 Å². The van der Waals surface area contributed by atoms with E-state index >= 15 is 0 Å². The van der Waals surface area contributed by atoms with E-state index in [-0.39, 0.29) is 5.92 Å². The summed E-state index contributed by atoms with van der Waals surface area (Å²) in [6, 6.07) is 5.56. The fourth-order valence-electron chi connectivity index (χ4n) is 2.33. The van der Waals surface area contributed by atoms with Crippen LogP contribution in [0.25, 0.3) is 11.3 Å². The molecule has 0 unspecified atom stereocenters. The molecule has 4 nitrogen and oxygen atoms in total. The number of esters is 1. The molecule has 0 atom stereocenters. The van der Waals surface area contributed by atoms with E-state index in [4.69, 9.17) is 20.9 Å². The fraction of sp³-hybridized carbons (Fsp3) is 0.333. The van der Waals surface area contributed by atoms with E-state index in [0.717, 1.165) is 24.0 Å². The second-order valence-corrected chi connectivity index (χ2v) is 5.38. The molecule has 1 aromatic carbocycles. The smallest absolute Gasteiger partial charge is 0.343 e. The minimum Gasteiger partial charge on any atom is -0.465 e. The van der Waals surface area contributed by atoms with Gasteiger partial charge >= 0.3 is 5.97 Å². The topological polar surface area (TPSA) is 52.3 Å². The zero-order valence-electron chi connectivity index (χ0n) is 11.3. The largest absolute Gasteiger partial charge is 0.465 e. The minimum atomic E-state index is -0.428. The molecule has 3 rings (SSSR count). The number of aryl methyl sites for hydroxylation is 1. The van der Waals surface area contributed by atoms with Crippen molar-refractivity contribution in [3.63, 3.8) is 0 Å². The molecule has 0 bridgehead atoms. The molecule has 0 radical (unpaired) electrons. The lowest BCUT2D eigenvalue weighted by atomic mass is 10.0. The number of aromatic nitrogens is 1. The van der Waals surface area contributed by atoms with Gasteiger partial charge in [-0.15, -0.1) is 0 Å². The number of nitrogens with zero attached hydrogens (tertiary/aromatic N) is 1. The summed E-state index contributed by atoms with van der Waals surface area (Å²) in [6.07, 6.45) is 2.03. The van der Waals surface area contributed by atoms with Crippen molar-refractivity contribution in [1.29, 1.82) is 0 Å². The van der Waals surface area contributed by atoms with Gasteiger partial charge in [-0.25, -0.2) is 4.79 Å². The second-order valence-electron chi connectivity index (χ2n) is 4.97. The average Bonchev–Trinajstić information content (AvgIpc) is 3.18. The zero-order chi connectivity index (χ0) is 14.3. The lowest BCUT2D eigenvalue weighted by Gasteiger charge is -2.07. The van der Waals surface area contributed by atoms with Crippen LogP contribution in [0.5, 0.6) is 0 Å². The Morgan fingerprint density at radius 3 is 2.80 bits per heavy atom. The summed E-state index contributed by atoms with van der Waals surface area (Å²) >= 11 is 6.25. The maximum atomic E-state index is 12.1. The number of halogens is 1. The molecule has 0 aliphatic heterocycles. The van der Waals surface area contributed by atoms with Gasteiger partial charge in [-0.2, -0.15) is 0 Å². The van der Waals surface area contributed by atoms with Crippen LogP contribution >= 0.6 is 11.6 Å². The zero-order valence-corrected chi connectivity index (χ0v) is 12.0. The monoisotopic (exact) mass is 291 g/mol. The molecule has 0 saturated heterocycles. The van der Waals surface area contributed by atoms with Crippen molar-refractivity contribution in [2.45, 2.75) is 25.7 Å². The average molecular weight is 292 g/mol. The van der Waals surface area contributed by atoms with Crippen LogP contribution in [-0.4, -0.2) is 18.2 Å². The normalized spacial score (nSPS) is 14.3. The van der Waals surface area contributed by atoms with Crippen LogP contribution in [0.1, 0.15) is 40.4 Å². The standard InChI is InChI=1S/C15H14ClNO3/c1-8-4-3-5-10(16)11(8)13-12(15(18)19-2)14(20-17-13)9-6-7-9/h3-5,9H,6-7H2,1-2H3. The Bertz CT molecular complexity index is 654. The molecule has 1 aliphatic rings. The molecule has 20 heavy (non-hydrogen) atoms. The number of hydrogen-bond donors (Lipinski definition) is 0. The van der Waals surface area contributed by atoms with Crippen LogP contribution in [0.3, 0.4) is 0 Å². The number of carbonyl (C=O) groups is 1. The Hall–Kier alpha value is -1.81. The highest BCUT2D eigenvalue weighted by atomic mass is 35.5. The maximum Gasteiger partial charge on any atom is 0.343 e. The molecule has 0 N–H and O–H groups in total. The van der Waals surface area contributed by atoms with Gasteiger partial charge in [0, 0.05) is 11.5 Å². The van der Waals surface area contributed by atoms with E-state index in [9.17, 15) is 4.79 Å². The second kappa shape index (κ2) is 4.94. The highest BCUT2D eigenvalue weighted by Gasteiger charge is 2.36. The van der Waals surface area contributed by atoms with Gasteiger partial charge in [0.25, 0.3) is 0 Å². The first-order valence-corrected chi connectivity index (χ1v) is 6.84. The van der Waals surface area contributed by atoms with Crippen LogP contribution < -0.4 is 0 Å². The maximum absolute atomic E-state index is 12.1. The molecule has 5 heteroatoms. The lowest BCUT2D eigenvalue weighted by molar-refractivity contribution is 0.0599. The molecule has 0 spiro atoms. The van der Waals surface area contributed by atoms with Crippen molar-refractivity contribution in [2.24, 2.45) is 0 Å². The van der Waals surface area contributed by atoms with Crippen LogP contribution in [0.4, 0.5) is 0 Å². The van der Waals surface area contributed by atoms with Gasteiger partial charge < -0.3 is 9.26 Å². The summed E-state index contributed by atoms with van der Waals surface area (Å²) in [6.45, 7) is 1.92. The van der Waals surface area contributed by atoms with Crippen molar-refractivity contribution in [3.05, 3.63) is 40.1 Å². The third-order valence-electron chi connectivity index (χ3n) is 3.51. The van der Waals surface area contributed by atoms with Crippen molar-refractivity contribution < 1.29 is 14.1 Å². The minimum absolute atomic E-state index is 0.271. The van der Waals surface area contributed by atoms with Gasteiger partial charge in [-0.3, -0.25) is 0 Å². The molecule has 1 saturated carbocycles. The number of hydrogen-bond acceptors (Lipinski definition) is 4. The first-order valence-electron chi connectivity index (χ1n) is 6.46. The molecule has 1 fully saturated rings. The molecule has 2 aromatic rings. The molecular weight excluding hydrogens is 278 g/mol. The SMILES string of the molecule is COC(=O)c1c(-c2c(C)cccc2Cl)noc1C1CC1. The molecule has 104 valence electrons. The summed E-state index contributed by atoms with van der Waals surface area (Å²) in [4.78, 5) is 12.1. The summed E-state index contributed by atoms with van der Waals surface area (Å²) in [5.41, 5.74) is 2.55. The van der Waals surface area contributed by atoms with Gasteiger partial charge in [-0.05, 0) is 31.4 Å². The molecule has 0 amide bonds. The number of benzene rings is 1. The Balaban J connectivity index is 2.21. The van der Waals surface area contributed by atoms with Gasteiger partial charge in [0.1, 0.15) is 11.3 Å². The third kappa shape index (κ3) is 2.10. The molecule has 1 heterocycles. The van der Waals surface area contributed by atoms with Crippen LogP contribution in [-0.2, 0) is 4.74 Å². The number of carbonyl (C=O) groups excluding carboxylic acids is 1. The van der Waals surface area contributed by atoms with Gasteiger partial charge in [0.05, 0.1) is 12.1 Å². The predicted octanol–water partition coefficient (Wildman–Crippen LogP) is 3.97.